The number of pyridine rings is 1. The zero-order valence-corrected chi connectivity index (χ0v) is 16.4. The van der Waals surface area contributed by atoms with E-state index >= 15 is 0 Å². The second-order valence-electron chi connectivity index (χ2n) is 6.14. The molecule has 0 fully saturated rings. The van der Waals surface area contributed by atoms with Gasteiger partial charge in [0.05, 0.1) is 18.0 Å². The van der Waals surface area contributed by atoms with E-state index in [0.717, 1.165) is 5.01 Å². The van der Waals surface area contributed by atoms with Gasteiger partial charge in [-0.2, -0.15) is 4.37 Å². The van der Waals surface area contributed by atoms with Crippen LogP contribution in [0.4, 0.5) is 5.82 Å². The molecule has 3 aromatic rings. The third kappa shape index (κ3) is 4.62. The molecular formula is C18H20N6O2S. The quantitative estimate of drug-likeness (QED) is 0.645. The van der Waals surface area contributed by atoms with Crippen molar-refractivity contribution in [1.29, 1.82) is 0 Å². The molecule has 0 aromatic carbocycles. The number of aromatic nitrogens is 5. The van der Waals surface area contributed by atoms with Gasteiger partial charge in [-0.1, -0.05) is 0 Å². The van der Waals surface area contributed by atoms with Crippen LogP contribution in [-0.2, 0) is 11.2 Å². The third-order valence-electron chi connectivity index (χ3n) is 3.67. The van der Waals surface area contributed by atoms with Crippen LogP contribution in [0.25, 0.3) is 11.5 Å². The van der Waals surface area contributed by atoms with Crippen LogP contribution in [0.3, 0.4) is 0 Å². The standard InChI is InChI=1S/C18H20N6O2S/c1-11(2)26-13-5-6-14(21-10-13)17-22-16(27-23-17)9-15-18(20-8-7-19-15)24(4)12(3)25/h5-8,10-11H,9H2,1-4H3. The number of carbonyl (C=O) groups excluding carboxylic acids is 1. The lowest BCUT2D eigenvalue weighted by molar-refractivity contribution is -0.116. The smallest absolute Gasteiger partial charge is 0.224 e. The summed E-state index contributed by atoms with van der Waals surface area (Å²) < 4.78 is 9.98. The molecule has 0 aliphatic carbocycles. The minimum absolute atomic E-state index is 0.0935. The molecule has 3 heterocycles. The monoisotopic (exact) mass is 384 g/mol. The van der Waals surface area contributed by atoms with E-state index in [2.05, 4.69) is 24.3 Å². The van der Waals surface area contributed by atoms with Crippen molar-refractivity contribution in [2.24, 2.45) is 0 Å². The minimum atomic E-state index is -0.109. The first-order chi connectivity index (χ1) is 12.9. The van der Waals surface area contributed by atoms with Gasteiger partial charge in [0.1, 0.15) is 16.5 Å². The molecule has 3 rings (SSSR count). The maximum Gasteiger partial charge on any atom is 0.224 e. The van der Waals surface area contributed by atoms with Gasteiger partial charge >= 0.3 is 0 Å². The Balaban J connectivity index is 1.78. The normalized spacial score (nSPS) is 10.9. The van der Waals surface area contributed by atoms with E-state index in [1.54, 1.807) is 25.6 Å². The molecule has 1 amide bonds. The van der Waals surface area contributed by atoms with Crippen molar-refractivity contribution in [3.05, 3.63) is 41.4 Å². The first-order valence-corrected chi connectivity index (χ1v) is 9.21. The number of carbonyl (C=O) groups is 1. The average Bonchev–Trinajstić information content (AvgIpc) is 3.10. The second kappa shape index (κ2) is 8.17. The molecule has 0 aliphatic heterocycles. The summed E-state index contributed by atoms with van der Waals surface area (Å²) >= 11 is 1.28. The molecule has 8 nitrogen and oxygen atoms in total. The van der Waals surface area contributed by atoms with Gasteiger partial charge < -0.3 is 4.74 Å². The van der Waals surface area contributed by atoms with Gasteiger partial charge in [0.25, 0.3) is 0 Å². The van der Waals surface area contributed by atoms with Crippen LogP contribution in [0.5, 0.6) is 5.75 Å². The highest BCUT2D eigenvalue weighted by Crippen LogP contribution is 2.22. The molecule has 0 spiro atoms. The van der Waals surface area contributed by atoms with Gasteiger partial charge in [0, 0.05) is 32.8 Å². The second-order valence-corrected chi connectivity index (χ2v) is 6.98. The molecule has 0 saturated heterocycles. The van der Waals surface area contributed by atoms with Gasteiger partial charge in [-0.05, 0) is 37.5 Å². The SMILES string of the molecule is CC(=O)N(C)c1nccnc1Cc1nc(-c2ccc(OC(C)C)cn2)ns1. The van der Waals surface area contributed by atoms with Crippen molar-refractivity contribution in [1.82, 2.24) is 24.3 Å². The first kappa shape index (κ1) is 18.8. The van der Waals surface area contributed by atoms with Gasteiger partial charge in [0.15, 0.2) is 11.6 Å². The molecule has 9 heteroatoms. The fourth-order valence-corrected chi connectivity index (χ4v) is 3.00. The summed E-state index contributed by atoms with van der Waals surface area (Å²) in [4.78, 5) is 30.6. The number of rotatable bonds is 6. The zero-order valence-electron chi connectivity index (χ0n) is 15.6. The summed E-state index contributed by atoms with van der Waals surface area (Å²) in [6.07, 6.45) is 5.36. The van der Waals surface area contributed by atoms with Crippen molar-refractivity contribution in [2.45, 2.75) is 33.3 Å². The summed E-state index contributed by atoms with van der Waals surface area (Å²) in [7, 11) is 1.67. The van der Waals surface area contributed by atoms with Crippen LogP contribution in [0.2, 0.25) is 0 Å². The number of nitrogens with zero attached hydrogens (tertiary/aromatic N) is 6. The Morgan fingerprint density at radius 2 is 2.00 bits per heavy atom. The van der Waals surface area contributed by atoms with Crippen molar-refractivity contribution in [3.8, 4) is 17.3 Å². The molecule has 3 aromatic heterocycles. The first-order valence-electron chi connectivity index (χ1n) is 8.44. The molecule has 27 heavy (non-hydrogen) atoms. The van der Waals surface area contributed by atoms with Gasteiger partial charge in [-0.25, -0.2) is 15.0 Å². The molecule has 0 unspecified atom stereocenters. The van der Waals surface area contributed by atoms with E-state index in [1.165, 1.54) is 23.4 Å². The minimum Gasteiger partial charge on any atom is -0.489 e. The average molecular weight is 384 g/mol. The van der Waals surface area contributed by atoms with Crippen molar-refractivity contribution >= 4 is 23.3 Å². The summed E-state index contributed by atoms with van der Waals surface area (Å²) in [6.45, 7) is 5.42. The fraction of sp³-hybridized carbons (Fsp3) is 0.333. The third-order valence-corrected chi connectivity index (χ3v) is 4.38. The molecule has 0 radical (unpaired) electrons. The number of amides is 1. The predicted molar refractivity (Wildman–Crippen MR) is 103 cm³/mol. The highest BCUT2D eigenvalue weighted by molar-refractivity contribution is 7.05. The number of ether oxygens (including phenoxy) is 1. The van der Waals surface area contributed by atoms with Crippen molar-refractivity contribution in [3.63, 3.8) is 0 Å². The lowest BCUT2D eigenvalue weighted by Gasteiger charge is -2.15. The van der Waals surface area contributed by atoms with Gasteiger partial charge in [-0.3, -0.25) is 14.7 Å². The van der Waals surface area contributed by atoms with Crippen LogP contribution in [-0.4, -0.2) is 43.4 Å². The number of hydrogen-bond acceptors (Lipinski definition) is 8. The maximum absolute atomic E-state index is 11.6. The maximum atomic E-state index is 11.6. The van der Waals surface area contributed by atoms with Gasteiger partial charge in [0.2, 0.25) is 5.91 Å². The highest BCUT2D eigenvalue weighted by Gasteiger charge is 2.16. The molecular weight excluding hydrogens is 364 g/mol. The Hall–Kier alpha value is -2.94. The van der Waals surface area contributed by atoms with Crippen LogP contribution in [0.15, 0.2) is 30.7 Å². The summed E-state index contributed by atoms with van der Waals surface area (Å²) in [5, 5.41) is 0.771. The van der Waals surface area contributed by atoms with Gasteiger partial charge in [-0.15, -0.1) is 0 Å². The van der Waals surface area contributed by atoms with E-state index < -0.39 is 0 Å². The molecule has 0 aliphatic rings. The van der Waals surface area contributed by atoms with E-state index in [-0.39, 0.29) is 12.0 Å². The van der Waals surface area contributed by atoms with E-state index in [0.29, 0.717) is 35.2 Å². The van der Waals surface area contributed by atoms with Crippen LogP contribution in [0.1, 0.15) is 31.5 Å². The molecule has 140 valence electrons. The predicted octanol–water partition coefficient (Wildman–Crippen LogP) is 2.75. The molecule has 0 atom stereocenters. The van der Waals surface area contributed by atoms with E-state index in [9.17, 15) is 4.79 Å². The molecule has 0 saturated carbocycles. The number of hydrogen-bond donors (Lipinski definition) is 0. The Kier molecular flexibility index (Phi) is 5.70. The Morgan fingerprint density at radius 1 is 1.22 bits per heavy atom. The van der Waals surface area contributed by atoms with Crippen LogP contribution >= 0.6 is 11.5 Å². The largest absolute Gasteiger partial charge is 0.489 e. The summed E-state index contributed by atoms with van der Waals surface area (Å²) in [5.74, 6) is 1.68. The fourth-order valence-electron chi connectivity index (χ4n) is 2.34. The Morgan fingerprint density at radius 3 is 2.67 bits per heavy atom. The van der Waals surface area contributed by atoms with Crippen molar-refractivity contribution in [2.75, 3.05) is 11.9 Å². The number of anilines is 1. The molecule has 0 bridgehead atoms. The van der Waals surface area contributed by atoms with Crippen LogP contribution < -0.4 is 9.64 Å². The highest BCUT2D eigenvalue weighted by atomic mass is 32.1. The lowest BCUT2D eigenvalue weighted by atomic mass is 10.3. The lowest BCUT2D eigenvalue weighted by Crippen LogP contribution is -2.25. The summed E-state index contributed by atoms with van der Waals surface area (Å²) in [6, 6.07) is 3.69. The topological polar surface area (TPSA) is 94.0 Å². The van der Waals surface area contributed by atoms with Crippen LogP contribution in [0, 0.1) is 0 Å². The van der Waals surface area contributed by atoms with E-state index in [1.807, 2.05) is 26.0 Å². The van der Waals surface area contributed by atoms with E-state index in [4.69, 9.17) is 4.74 Å². The van der Waals surface area contributed by atoms with Crippen molar-refractivity contribution < 1.29 is 9.53 Å². The Labute approximate surface area is 161 Å². The zero-order chi connectivity index (χ0) is 19.4. The Bertz CT molecular complexity index is 926. The summed E-state index contributed by atoms with van der Waals surface area (Å²) in [5.41, 5.74) is 1.35. The molecule has 0 N–H and O–H groups in total.